The third-order valence-electron chi connectivity index (χ3n) is 2.16. The quantitative estimate of drug-likeness (QED) is 0.821. The van der Waals surface area contributed by atoms with Gasteiger partial charge in [-0.05, 0) is 25.1 Å². The van der Waals surface area contributed by atoms with Crippen molar-refractivity contribution in [2.45, 2.75) is 13.1 Å². The molecule has 1 aromatic carbocycles. The smallest absolute Gasteiger partial charge is 0.416 e. The zero-order valence-corrected chi connectivity index (χ0v) is 9.40. The Kier molecular flexibility index (Phi) is 3.18. The van der Waals surface area contributed by atoms with E-state index in [0.29, 0.717) is 5.69 Å². The first-order valence-corrected chi connectivity index (χ1v) is 5.09. The first-order chi connectivity index (χ1) is 8.45. The van der Waals surface area contributed by atoms with Crippen molar-refractivity contribution in [2.24, 2.45) is 0 Å². The molecule has 3 nitrogen and oxygen atoms in total. The molecule has 0 bridgehead atoms. The standard InChI is InChI=1S/C12H9F3N2O/c1-8-5-11(17-7-16-8)18-10-4-2-3-9(6-10)12(13,14)15/h2-7H,1H3. The first-order valence-electron chi connectivity index (χ1n) is 5.09. The molecular formula is C12H9F3N2O. The number of hydrogen-bond acceptors (Lipinski definition) is 3. The molecule has 0 radical (unpaired) electrons. The molecule has 0 fully saturated rings. The molecule has 0 spiro atoms. The number of halogens is 3. The van der Waals surface area contributed by atoms with Gasteiger partial charge in [-0.15, -0.1) is 0 Å². The number of aryl methyl sites for hydroxylation is 1. The van der Waals surface area contributed by atoms with E-state index in [0.717, 1.165) is 12.1 Å². The van der Waals surface area contributed by atoms with Crippen LogP contribution in [0.5, 0.6) is 11.6 Å². The maximum Gasteiger partial charge on any atom is 0.416 e. The van der Waals surface area contributed by atoms with Gasteiger partial charge in [-0.1, -0.05) is 6.07 Å². The van der Waals surface area contributed by atoms with Crippen molar-refractivity contribution in [3.63, 3.8) is 0 Å². The van der Waals surface area contributed by atoms with Crippen LogP contribution in [0.2, 0.25) is 0 Å². The van der Waals surface area contributed by atoms with E-state index in [1.165, 1.54) is 18.5 Å². The van der Waals surface area contributed by atoms with E-state index in [4.69, 9.17) is 4.74 Å². The number of rotatable bonds is 2. The average molecular weight is 254 g/mol. The molecule has 0 N–H and O–H groups in total. The topological polar surface area (TPSA) is 35.0 Å². The minimum absolute atomic E-state index is 0.0860. The van der Waals surface area contributed by atoms with Gasteiger partial charge in [0.1, 0.15) is 12.1 Å². The molecular weight excluding hydrogens is 245 g/mol. The summed E-state index contributed by atoms with van der Waals surface area (Å²) in [4.78, 5) is 7.68. The van der Waals surface area contributed by atoms with Crippen LogP contribution in [0.3, 0.4) is 0 Å². The summed E-state index contributed by atoms with van der Waals surface area (Å²) in [6.45, 7) is 1.74. The van der Waals surface area contributed by atoms with Gasteiger partial charge in [0.25, 0.3) is 0 Å². The van der Waals surface area contributed by atoms with Gasteiger partial charge in [-0.3, -0.25) is 0 Å². The summed E-state index contributed by atoms with van der Waals surface area (Å²) in [5.41, 5.74) is -0.0854. The highest BCUT2D eigenvalue weighted by molar-refractivity contribution is 5.33. The maximum absolute atomic E-state index is 12.5. The number of nitrogens with zero attached hydrogens (tertiary/aromatic N) is 2. The molecule has 0 aliphatic carbocycles. The molecule has 0 saturated heterocycles. The van der Waals surface area contributed by atoms with Crippen LogP contribution in [-0.4, -0.2) is 9.97 Å². The van der Waals surface area contributed by atoms with E-state index in [1.807, 2.05) is 0 Å². The Hall–Kier alpha value is -2.11. The fourth-order valence-electron chi connectivity index (χ4n) is 1.34. The van der Waals surface area contributed by atoms with Crippen LogP contribution in [-0.2, 0) is 6.18 Å². The molecule has 0 aliphatic heterocycles. The third-order valence-corrected chi connectivity index (χ3v) is 2.16. The SMILES string of the molecule is Cc1cc(Oc2cccc(C(F)(F)F)c2)ncn1. The molecule has 1 heterocycles. The number of benzene rings is 1. The molecule has 6 heteroatoms. The Morgan fingerprint density at radius 1 is 1.11 bits per heavy atom. The Morgan fingerprint density at radius 2 is 1.89 bits per heavy atom. The second-order valence-electron chi connectivity index (χ2n) is 3.63. The molecule has 2 rings (SSSR count). The second kappa shape index (κ2) is 4.64. The van der Waals surface area contributed by atoms with Crippen molar-refractivity contribution >= 4 is 0 Å². The van der Waals surface area contributed by atoms with E-state index in [2.05, 4.69) is 9.97 Å². The summed E-state index contributed by atoms with van der Waals surface area (Å²) in [5, 5.41) is 0. The highest BCUT2D eigenvalue weighted by Gasteiger charge is 2.30. The Morgan fingerprint density at radius 3 is 2.56 bits per heavy atom. The number of hydrogen-bond donors (Lipinski definition) is 0. The summed E-state index contributed by atoms with van der Waals surface area (Å²) >= 11 is 0. The maximum atomic E-state index is 12.5. The van der Waals surface area contributed by atoms with Gasteiger partial charge in [0.15, 0.2) is 0 Å². The lowest BCUT2D eigenvalue weighted by Gasteiger charge is -2.09. The normalized spacial score (nSPS) is 11.3. The monoisotopic (exact) mass is 254 g/mol. The number of aromatic nitrogens is 2. The predicted molar refractivity (Wildman–Crippen MR) is 58.3 cm³/mol. The van der Waals surface area contributed by atoms with Crippen LogP contribution in [0.25, 0.3) is 0 Å². The molecule has 0 aliphatic rings. The van der Waals surface area contributed by atoms with Gasteiger partial charge in [0.05, 0.1) is 5.56 Å². The zero-order chi connectivity index (χ0) is 13.2. The lowest BCUT2D eigenvalue weighted by atomic mass is 10.2. The Bertz CT molecular complexity index is 555. The molecule has 0 saturated carbocycles. The Labute approximate surface area is 101 Å². The van der Waals surface area contributed by atoms with Gasteiger partial charge >= 0.3 is 6.18 Å². The first kappa shape index (κ1) is 12.3. The highest BCUT2D eigenvalue weighted by atomic mass is 19.4. The van der Waals surface area contributed by atoms with Crippen LogP contribution in [0.4, 0.5) is 13.2 Å². The number of alkyl halides is 3. The second-order valence-corrected chi connectivity index (χ2v) is 3.63. The van der Waals surface area contributed by atoms with E-state index in [9.17, 15) is 13.2 Å². The van der Waals surface area contributed by atoms with Crippen molar-refractivity contribution in [1.82, 2.24) is 9.97 Å². The van der Waals surface area contributed by atoms with Crippen molar-refractivity contribution in [3.8, 4) is 11.6 Å². The molecule has 0 unspecified atom stereocenters. The predicted octanol–water partition coefficient (Wildman–Crippen LogP) is 3.60. The Balaban J connectivity index is 2.25. The van der Waals surface area contributed by atoms with Crippen LogP contribution >= 0.6 is 0 Å². The molecule has 94 valence electrons. The van der Waals surface area contributed by atoms with Crippen molar-refractivity contribution in [3.05, 3.63) is 47.9 Å². The van der Waals surface area contributed by atoms with Crippen LogP contribution in [0.1, 0.15) is 11.3 Å². The highest BCUT2D eigenvalue weighted by Crippen LogP contribution is 2.32. The van der Waals surface area contributed by atoms with E-state index < -0.39 is 11.7 Å². The lowest BCUT2D eigenvalue weighted by molar-refractivity contribution is -0.137. The minimum atomic E-state index is -4.39. The van der Waals surface area contributed by atoms with Crippen molar-refractivity contribution < 1.29 is 17.9 Å². The molecule has 1 aromatic heterocycles. The summed E-state index contributed by atoms with van der Waals surface area (Å²) in [6, 6.07) is 6.18. The van der Waals surface area contributed by atoms with Crippen molar-refractivity contribution in [2.75, 3.05) is 0 Å². The third kappa shape index (κ3) is 2.97. The zero-order valence-electron chi connectivity index (χ0n) is 9.40. The summed E-state index contributed by atoms with van der Waals surface area (Å²) in [5.74, 6) is 0.296. The van der Waals surface area contributed by atoms with E-state index in [1.54, 1.807) is 13.0 Å². The van der Waals surface area contributed by atoms with Crippen LogP contribution in [0, 0.1) is 6.92 Å². The van der Waals surface area contributed by atoms with Gasteiger partial charge in [-0.25, -0.2) is 9.97 Å². The van der Waals surface area contributed by atoms with Crippen molar-refractivity contribution in [1.29, 1.82) is 0 Å². The molecule has 18 heavy (non-hydrogen) atoms. The number of ether oxygens (including phenoxy) is 1. The summed E-state index contributed by atoms with van der Waals surface area (Å²) < 4.78 is 42.7. The average Bonchev–Trinajstić information content (AvgIpc) is 2.28. The van der Waals surface area contributed by atoms with Gasteiger partial charge in [0.2, 0.25) is 5.88 Å². The van der Waals surface area contributed by atoms with E-state index in [-0.39, 0.29) is 11.6 Å². The largest absolute Gasteiger partial charge is 0.439 e. The molecule has 0 amide bonds. The molecule has 0 atom stereocenters. The van der Waals surface area contributed by atoms with Gasteiger partial charge in [0, 0.05) is 11.8 Å². The molecule has 2 aromatic rings. The van der Waals surface area contributed by atoms with Crippen LogP contribution < -0.4 is 4.74 Å². The van der Waals surface area contributed by atoms with E-state index >= 15 is 0 Å². The summed E-state index contributed by atoms with van der Waals surface area (Å²) in [7, 11) is 0. The minimum Gasteiger partial charge on any atom is -0.439 e. The lowest BCUT2D eigenvalue weighted by Crippen LogP contribution is -2.04. The summed E-state index contributed by atoms with van der Waals surface area (Å²) in [6.07, 6.45) is -3.10. The van der Waals surface area contributed by atoms with Crippen LogP contribution in [0.15, 0.2) is 36.7 Å². The van der Waals surface area contributed by atoms with Gasteiger partial charge < -0.3 is 4.74 Å². The van der Waals surface area contributed by atoms with Gasteiger partial charge in [-0.2, -0.15) is 13.2 Å². The fourth-order valence-corrected chi connectivity index (χ4v) is 1.34. The fraction of sp³-hybridized carbons (Fsp3) is 0.167.